The zero-order valence-electron chi connectivity index (χ0n) is 30.8. The van der Waals surface area contributed by atoms with E-state index < -0.39 is 0 Å². The molecular formula is C54H38N2. The first-order valence-corrected chi connectivity index (χ1v) is 19.2. The van der Waals surface area contributed by atoms with E-state index in [1.165, 1.54) is 66.3 Å². The first-order chi connectivity index (χ1) is 27.8. The molecular weight excluding hydrogens is 677 g/mol. The molecule has 10 aromatic rings. The van der Waals surface area contributed by atoms with Gasteiger partial charge < -0.3 is 9.47 Å². The lowest BCUT2D eigenvalue weighted by Crippen LogP contribution is -2.09. The topological polar surface area (TPSA) is 8.17 Å². The minimum Gasteiger partial charge on any atom is -0.310 e. The molecule has 0 aliphatic rings. The molecule has 0 unspecified atom stereocenters. The molecule has 0 spiro atoms. The molecule has 2 nitrogen and oxygen atoms in total. The van der Waals surface area contributed by atoms with Crippen LogP contribution >= 0.6 is 0 Å². The number of fused-ring (bicyclic) bond motifs is 3. The van der Waals surface area contributed by atoms with Gasteiger partial charge in [-0.25, -0.2) is 0 Å². The fourth-order valence-electron chi connectivity index (χ4n) is 8.21. The number of anilines is 3. The lowest BCUT2D eigenvalue weighted by molar-refractivity contribution is 1.18. The van der Waals surface area contributed by atoms with Crippen molar-refractivity contribution in [3.8, 4) is 50.2 Å². The summed E-state index contributed by atoms with van der Waals surface area (Å²) >= 11 is 0. The van der Waals surface area contributed by atoms with Crippen LogP contribution in [-0.4, -0.2) is 4.57 Å². The fourth-order valence-corrected chi connectivity index (χ4v) is 8.21. The Morgan fingerprint density at radius 2 is 0.750 bits per heavy atom. The first-order valence-electron chi connectivity index (χ1n) is 19.2. The van der Waals surface area contributed by atoms with Crippen molar-refractivity contribution >= 4 is 38.9 Å². The van der Waals surface area contributed by atoms with E-state index in [-0.39, 0.29) is 0 Å². The molecule has 0 aliphatic heterocycles. The number of rotatable bonds is 8. The van der Waals surface area contributed by atoms with Crippen LogP contribution in [0, 0.1) is 0 Å². The van der Waals surface area contributed by atoms with Crippen molar-refractivity contribution in [1.29, 1.82) is 0 Å². The summed E-state index contributed by atoms with van der Waals surface area (Å²) in [5.41, 5.74) is 16.4. The molecule has 0 saturated carbocycles. The van der Waals surface area contributed by atoms with Gasteiger partial charge in [-0.05, 0) is 99.6 Å². The minimum atomic E-state index is 1.11. The Morgan fingerprint density at radius 3 is 1.46 bits per heavy atom. The Balaban J connectivity index is 1.12. The van der Waals surface area contributed by atoms with Gasteiger partial charge in [0.25, 0.3) is 0 Å². The molecule has 56 heavy (non-hydrogen) atoms. The molecule has 0 N–H and O–H groups in total. The molecule has 0 aliphatic carbocycles. The molecule has 10 rings (SSSR count). The van der Waals surface area contributed by atoms with E-state index in [0.29, 0.717) is 0 Å². The van der Waals surface area contributed by atoms with Crippen LogP contribution in [0.15, 0.2) is 231 Å². The average molecular weight is 715 g/mol. The second-order valence-electron chi connectivity index (χ2n) is 14.2. The Kier molecular flexibility index (Phi) is 8.55. The molecule has 0 saturated heterocycles. The van der Waals surface area contributed by atoms with Crippen molar-refractivity contribution in [3.05, 3.63) is 231 Å². The number of nitrogens with zero attached hydrogens (tertiary/aromatic N) is 2. The van der Waals surface area contributed by atoms with Gasteiger partial charge >= 0.3 is 0 Å². The number of aromatic nitrogens is 1. The second kappa shape index (κ2) is 14.4. The SMILES string of the molecule is c1ccc(-c2cccc(-c3ccccc3-n3c4ccccc4c4ccc(-c5ccccc5-c5cccc(N(c6ccccc6)c6ccccc6)c5)cc43)c2)cc1. The summed E-state index contributed by atoms with van der Waals surface area (Å²) < 4.78 is 2.46. The third-order valence-electron chi connectivity index (χ3n) is 10.8. The number of hydrogen-bond acceptors (Lipinski definition) is 1. The summed E-state index contributed by atoms with van der Waals surface area (Å²) in [5.74, 6) is 0. The van der Waals surface area contributed by atoms with E-state index in [1.54, 1.807) is 0 Å². The van der Waals surface area contributed by atoms with Gasteiger partial charge in [-0.3, -0.25) is 0 Å². The molecule has 1 heterocycles. The summed E-state index contributed by atoms with van der Waals surface area (Å²) in [6, 6.07) is 83.0. The Labute approximate surface area is 327 Å². The van der Waals surface area contributed by atoms with Gasteiger partial charge in [0.2, 0.25) is 0 Å². The van der Waals surface area contributed by atoms with Crippen molar-refractivity contribution < 1.29 is 0 Å². The van der Waals surface area contributed by atoms with E-state index in [0.717, 1.165) is 22.7 Å². The lowest BCUT2D eigenvalue weighted by Gasteiger charge is -2.26. The van der Waals surface area contributed by atoms with Crippen molar-refractivity contribution in [2.75, 3.05) is 4.90 Å². The quantitative estimate of drug-likeness (QED) is 0.152. The van der Waals surface area contributed by atoms with E-state index >= 15 is 0 Å². The maximum Gasteiger partial charge on any atom is 0.0547 e. The van der Waals surface area contributed by atoms with Crippen LogP contribution in [0.2, 0.25) is 0 Å². The van der Waals surface area contributed by atoms with Crippen LogP contribution < -0.4 is 4.90 Å². The Hall–Kier alpha value is -7.42. The summed E-state index contributed by atoms with van der Waals surface area (Å²) in [7, 11) is 0. The van der Waals surface area contributed by atoms with Crippen molar-refractivity contribution in [3.63, 3.8) is 0 Å². The number of para-hydroxylation sites is 4. The van der Waals surface area contributed by atoms with Crippen molar-refractivity contribution in [2.24, 2.45) is 0 Å². The monoisotopic (exact) mass is 714 g/mol. The highest BCUT2D eigenvalue weighted by atomic mass is 15.1. The molecule has 1 aromatic heterocycles. The summed E-state index contributed by atoms with van der Waals surface area (Å²) in [6.45, 7) is 0. The molecule has 0 amide bonds. The molecule has 0 atom stereocenters. The predicted octanol–water partition coefficient (Wildman–Crippen LogP) is 14.9. The number of benzene rings is 9. The number of hydrogen-bond donors (Lipinski definition) is 0. The normalized spacial score (nSPS) is 11.2. The molecule has 0 radical (unpaired) electrons. The predicted molar refractivity (Wildman–Crippen MR) is 237 cm³/mol. The third kappa shape index (κ3) is 6.04. The van der Waals surface area contributed by atoms with E-state index in [2.05, 4.69) is 240 Å². The average Bonchev–Trinajstić information content (AvgIpc) is 3.61. The summed E-state index contributed by atoms with van der Waals surface area (Å²) in [4.78, 5) is 2.32. The van der Waals surface area contributed by atoms with E-state index in [1.807, 2.05) is 0 Å². The van der Waals surface area contributed by atoms with Crippen LogP contribution in [0.5, 0.6) is 0 Å². The second-order valence-corrected chi connectivity index (χ2v) is 14.2. The maximum absolute atomic E-state index is 2.46. The zero-order valence-corrected chi connectivity index (χ0v) is 30.8. The van der Waals surface area contributed by atoms with Gasteiger partial charge in [-0.2, -0.15) is 0 Å². The van der Waals surface area contributed by atoms with E-state index in [4.69, 9.17) is 0 Å². The van der Waals surface area contributed by atoms with Crippen LogP contribution in [0.1, 0.15) is 0 Å². The van der Waals surface area contributed by atoms with Gasteiger partial charge in [0.05, 0.1) is 16.7 Å². The minimum absolute atomic E-state index is 1.11. The van der Waals surface area contributed by atoms with Gasteiger partial charge in [-0.15, -0.1) is 0 Å². The van der Waals surface area contributed by atoms with Gasteiger partial charge in [0.1, 0.15) is 0 Å². The van der Waals surface area contributed by atoms with Crippen molar-refractivity contribution in [1.82, 2.24) is 4.57 Å². The fraction of sp³-hybridized carbons (Fsp3) is 0. The zero-order chi connectivity index (χ0) is 37.3. The molecule has 0 fully saturated rings. The standard InChI is InChI=1S/C54H38N2/c1-4-18-39(19-5-1)40-20-16-21-41(36-40)49-30-12-14-32-52(49)56-53-33-15-13-31-50(53)51-35-34-43(38-54(51)56)48-29-11-10-28-47(48)42-22-17-27-46(37-42)55(44-23-6-2-7-24-44)45-25-8-3-9-26-45/h1-38H. The molecule has 264 valence electrons. The highest BCUT2D eigenvalue weighted by Crippen LogP contribution is 2.42. The first kappa shape index (κ1) is 33.2. The summed E-state index contributed by atoms with van der Waals surface area (Å²) in [5, 5.41) is 2.47. The molecule has 0 bridgehead atoms. The van der Waals surface area contributed by atoms with Gasteiger partial charge in [-0.1, -0.05) is 170 Å². The highest BCUT2D eigenvalue weighted by molar-refractivity contribution is 6.11. The Bertz CT molecular complexity index is 2920. The van der Waals surface area contributed by atoms with Crippen LogP contribution in [0.3, 0.4) is 0 Å². The van der Waals surface area contributed by atoms with Crippen LogP contribution in [-0.2, 0) is 0 Å². The Morgan fingerprint density at radius 1 is 0.268 bits per heavy atom. The smallest absolute Gasteiger partial charge is 0.0547 e. The van der Waals surface area contributed by atoms with Crippen LogP contribution in [0.4, 0.5) is 17.1 Å². The highest BCUT2D eigenvalue weighted by Gasteiger charge is 2.18. The molecule has 2 heteroatoms. The largest absolute Gasteiger partial charge is 0.310 e. The third-order valence-corrected chi connectivity index (χ3v) is 10.8. The van der Waals surface area contributed by atoms with Gasteiger partial charge in [0.15, 0.2) is 0 Å². The van der Waals surface area contributed by atoms with Gasteiger partial charge in [0, 0.05) is 33.4 Å². The van der Waals surface area contributed by atoms with Crippen molar-refractivity contribution in [2.45, 2.75) is 0 Å². The lowest BCUT2D eigenvalue weighted by atomic mass is 9.93. The van der Waals surface area contributed by atoms with E-state index in [9.17, 15) is 0 Å². The molecule has 9 aromatic carbocycles. The maximum atomic E-state index is 2.46. The van der Waals surface area contributed by atoms with Crippen LogP contribution in [0.25, 0.3) is 72.0 Å². The summed E-state index contributed by atoms with van der Waals surface area (Å²) in [6.07, 6.45) is 0.